The number of hydrogen-bond acceptors (Lipinski definition) is 4. The molecule has 0 fully saturated rings. The Bertz CT molecular complexity index is 763. The molecule has 0 saturated carbocycles. The van der Waals surface area contributed by atoms with E-state index < -0.39 is 11.7 Å². The molecule has 2 rings (SSSR count). The van der Waals surface area contributed by atoms with E-state index in [1.165, 1.54) is 4.90 Å². The zero-order valence-corrected chi connectivity index (χ0v) is 16.9. The van der Waals surface area contributed by atoms with Crippen molar-refractivity contribution in [3.63, 3.8) is 0 Å². The lowest BCUT2D eigenvalue weighted by atomic mass is 10.0. The first-order chi connectivity index (χ1) is 13.3. The Morgan fingerprint density at radius 1 is 1.11 bits per heavy atom. The number of ether oxygens (including phenoxy) is 1. The summed E-state index contributed by atoms with van der Waals surface area (Å²) < 4.78 is 46.2. The van der Waals surface area contributed by atoms with Crippen LogP contribution < -0.4 is 9.64 Å². The van der Waals surface area contributed by atoms with Crippen molar-refractivity contribution in [2.45, 2.75) is 58.5 Å². The zero-order chi connectivity index (χ0) is 20.7. The normalized spacial score (nSPS) is 11.7. The summed E-state index contributed by atoms with van der Waals surface area (Å²) in [5.41, 5.74) is 0.737. The van der Waals surface area contributed by atoms with Crippen molar-refractivity contribution in [2.24, 2.45) is 0 Å². The molecule has 0 aliphatic carbocycles. The van der Waals surface area contributed by atoms with Gasteiger partial charge in [0.25, 0.3) is 0 Å². The van der Waals surface area contributed by atoms with Gasteiger partial charge in [0.2, 0.25) is 0 Å². The highest BCUT2D eigenvalue weighted by atomic mass is 19.4. The Kier molecular flexibility index (Phi) is 7.66. The molecule has 0 bridgehead atoms. The van der Waals surface area contributed by atoms with E-state index in [0.717, 1.165) is 37.4 Å². The fraction of sp³-hybridized carbons (Fsp3) is 0.524. The number of hydrogen-bond donors (Lipinski definition) is 0. The van der Waals surface area contributed by atoms with Crippen molar-refractivity contribution in [3.05, 3.63) is 41.6 Å². The topological polar surface area (TPSA) is 38.2 Å². The van der Waals surface area contributed by atoms with Gasteiger partial charge in [0.05, 0.1) is 6.61 Å². The second-order valence-corrected chi connectivity index (χ2v) is 7.07. The molecule has 0 saturated heterocycles. The third-order valence-corrected chi connectivity index (χ3v) is 4.52. The van der Waals surface area contributed by atoms with Gasteiger partial charge in [0.1, 0.15) is 5.56 Å². The van der Waals surface area contributed by atoms with Gasteiger partial charge in [0.15, 0.2) is 5.82 Å². The molecule has 1 aromatic carbocycles. The van der Waals surface area contributed by atoms with Gasteiger partial charge in [-0.05, 0) is 24.0 Å². The van der Waals surface area contributed by atoms with Crippen molar-refractivity contribution in [2.75, 3.05) is 18.6 Å². The molecule has 0 spiro atoms. The maximum absolute atomic E-state index is 13.6. The van der Waals surface area contributed by atoms with E-state index >= 15 is 0 Å². The molecule has 154 valence electrons. The number of aromatic nitrogens is 2. The molecule has 4 nitrogen and oxygen atoms in total. The monoisotopic (exact) mass is 395 g/mol. The Morgan fingerprint density at radius 2 is 1.82 bits per heavy atom. The zero-order valence-electron chi connectivity index (χ0n) is 16.9. The van der Waals surface area contributed by atoms with Crippen LogP contribution in [0.15, 0.2) is 30.5 Å². The lowest BCUT2D eigenvalue weighted by Gasteiger charge is -2.25. The third-order valence-electron chi connectivity index (χ3n) is 4.52. The lowest BCUT2D eigenvalue weighted by molar-refractivity contribution is -0.137. The molecule has 1 heterocycles. The number of rotatable bonds is 9. The number of unbranched alkanes of at least 4 members (excludes halogenated alkanes) is 3. The summed E-state index contributed by atoms with van der Waals surface area (Å²) in [6, 6.07) is 7.35. The number of halogens is 3. The molecule has 0 N–H and O–H groups in total. The van der Waals surface area contributed by atoms with E-state index in [9.17, 15) is 13.2 Å². The van der Waals surface area contributed by atoms with Crippen LogP contribution in [-0.2, 0) is 6.18 Å². The predicted octanol–water partition coefficient (Wildman–Crippen LogP) is 6.35. The van der Waals surface area contributed by atoms with E-state index in [2.05, 4.69) is 16.9 Å². The molecule has 1 aromatic heterocycles. The highest BCUT2D eigenvalue weighted by Gasteiger charge is 2.37. The summed E-state index contributed by atoms with van der Waals surface area (Å²) in [4.78, 5) is 9.35. The molecule has 0 aliphatic rings. The van der Waals surface area contributed by atoms with E-state index in [0.29, 0.717) is 12.3 Å². The first-order valence-corrected chi connectivity index (χ1v) is 9.65. The number of alkyl halides is 3. The van der Waals surface area contributed by atoms with Crippen LogP contribution >= 0.6 is 0 Å². The summed E-state index contributed by atoms with van der Waals surface area (Å²) in [7, 11) is 1.59. The van der Waals surface area contributed by atoms with Gasteiger partial charge in [-0.3, -0.25) is 0 Å². The molecule has 0 amide bonds. The van der Waals surface area contributed by atoms with Crippen LogP contribution in [0.2, 0.25) is 0 Å². The predicted molar refractivity (Wildman–Crippen MR) is 105 cm³/mol. The van der Waals surface area contributed by atoms with E-state index in [4.69, 9.17) is 4.74 Å². The largest absolute Gasteiger partial charge is 0.463 e. The maximum atomic E-state index is 13.6. The minimum Gasteiger partial charge on any atom is -0.463 e. The quantitative estimate of drug-likeness (QED) is 0.464. The van der Waals surface area contributed by atoms with Crippen LogP contribution in [0.25, 0.3) is 0 Å². The van der Waals surface area contributed by atoms with Gasteiger partial charge in [-0.15, -0.1) is 0 Å². The average Bonchev–Trinajstić information content (AvgIpc) is 2.66. The number of para-hydroxylation sites is 1. The Labute approximate surface area is 164 Å². The van der Waals surface area contributed by atoms with Gasteiger partial charge in [-0.1, -0.05) is 58.2 Å². The van der Waals surface area contributed by atoms with Gasteiger partial charge in [0, 0.05) is 18.9 Å². The second-order valence-electron chi connectivity index (χ2n) is 7.07. The van der Waals surface area contributed by atoms with Crippen LogP contribution in [-0.4, -0.2) is 23.6 Å². The fourth-order valence-electron chi connectivity index (χ4n) is 2.97. The Hall–Kier alpha value is -2.31. The molecule has 0 unspecified atom stereocenters. The Balaban J connectivity index is 2.35. The first-order valence-electron chi connectivity index (χ1n) is 9.65. The van der Waals surface area contributed by atoms with Crippen molar-refractivity contribution in [1.29, 1.82) is 0 Å². The fourth-order valence-corrected chi connectivity index (χ4v) is 2.97. The van der Waals surface area contributed by atoms with Gasteiger partial charge in [-0.25, -0.2) is 4.98 Å². The summed E-state index contributed by atoms with van der Waals surface area (Å²) in [5, 5.41) is 0. The van der Waals surface area contributed by atoms with E-state index in [-0.39, 0.29) is 17.7 Å². The lowest BCUT2D eigenvalue weighted by Crippen LogP contribution is -2.20. The third kappa shape index (κ3) is 5.59. The maximum Gasteiger partial charge on any atom is 0.421 e. The molecular formula is C21H28F3N3O. The summed E-state index contributed by atoms with van der Waals surface area (Å²) >= 11 is 0. The van der Waals surface area contributed by atoms with Gasteiger partial charge >= 0.3 is 12.2 Å². The Morgan fingerprint density at radius 3 is 2.46 bits per heavy atom. The van der Waals surface area contributed by atoms with Gasteiger partial charge < -0.3 is 9.64 Å². The van der Waals surface area contributed by atoms with Crippen LogP contribution in [0.3, 0.4) is 0 Å². The summed E-state index contributed by atoms with van der Waals surface area (Å²) in [6.45, 7) is 6.50. The standard InChI is InChI=1S/C21H28F3N3O/c1-5-6-7-10-13-28-20-25-14-17(21(22,23)24)19(26-20)27(4)18-12-9-8-11-16(18)15(2)3/h8-9,11-12,14-15H,5-7,10,13H2,1-4H3. The highest BCUT2D eigenvalue weighted by Crippen LogP contribution is 2.39. The minimum absolute atomic E-state index is 0.0339. The molecule has 2 aromatic rings. The van der Waals surface area contributed by atoms with E-state index in [1.54, 1.807) is 19.2 Å². The SMILES string of the molecule is CCCCCCOc1ncc(C(F)(F)F)c(N(C)c2ccccc2C(C)C)n1. The summed E-state index contributed by atoms with van der Waals surface area (Å²) in [5.74, 6) is -0.0525. The molecule has 0 radical (unpaired) electrons. The van der Waals surface area contributed by atoms with Crippen molar-refractivity contribution in [1.82, 2.24) is 9.97 Å². The van der Waals surface area contributed by atoms with Crippen LogP contribution in [0.1, 0.15) is 63.5 Å². The molecule has 0 aliphatic heterocycles. The van der Waals surface area contributed by atoms with Crippen LogP contribution in [0.5, 0.6) is 6.01 Å². The number of anilines is 2. The van der Waals surface area contributed by atoms with Gasteiger partial charge in [-0.2, -0.15) is 18.2 Å². The van der Waals surface area contributed by atoms with E-state index in [1.807, 2.05) is 26.0 Å². The number of benzene rings is 1. The molecule has 0 atom stereocenters. The van der Waals surface area contributed by atoms with Crippen molar-refractivity contribution < 1.29 is 17.9 Å². The molecule has 7 heteroatoms. The molecule has 28 heavy (non-hydrogen) atoms. The first kappa shape index (κ1) is 22.0. The highest BCUT2D eigenvalue weighted by molar-refractivity contribution is 5.66. The van der Waals surface area contributed by atoms with Crippen LogP contribution in [0.4, 0.5) is 24.7 Å². The van der Waals surface area contributed by atoms with Crippen LogP contribution in [0, 0.1) is 0 Å². The summed E-state index contributed by atoms with van der Waals surface area (Å²) in [6.07, 6.45) is 0.262. The average molecular weight is 395 g/mol. The number of nitrogens with zero attached hydrogens (tertiary/aromatic N) is 3. The minimum atomic E-state index is -4.56. The smallest absolute Gasteiger partial charge is 0.421 e. The van der Waals surface area contributed by atoms with Crippen molar-refractivity contribution >= 4 is 11.5 Å². The van der Waals surface area contributed by atoms with Crippen molar-refractivity contribution in [3.8, 4) is 6.01 Å². The second kappa shape index (κ2) is 9.75. The molecular weight excluding hydrogens is 367 g/mol.